The lowest BCUT2D eigenvalue weighted by atomic mass is 10.1. The van der Waals surface area contributed by atoms with Crippen LogP contribution in [0.5, 0.6) is 5.75 Å². The van der Waals surface area contributed by atoms with Crippen molar-refractivity contribution >= 4 is 17.7 Å². The SMILES string of the molecule is O=C1C(=Cc2ccc([N+](=O)[O-])o2)Cc2c(O)cccc21. The van der Waals surface area contributed by atoms with Gasteiger partial charge in [-0.25, -0.2) is 0 Å². The van der Waals surface area contributed by atoms with E-state index >= 15 is 0 Å². The summed E-state index contributed by atoms with van der Waals surface area (Å²) < 4.78 is 4.99. The highest BCUT2D eigenvalue weighted by Gasteiger charge is 2.27. The summed E-state index contributed by atoms with van der Waals surface area (Å²) in [6.45, 7) is 0. The van der Waals surface area contributed by atoms with E-state index in [-0.39, 0.29) is 29.6 Å². The third-order valence-electron chi connectivity index (χ3n) is 3.16. The first kappa shape index (κ1) is 12.2. The van der Waals surface area contributed by atoms with E-state index in [4.69, 9.17) is 4.42 Å². The molecule has 0 spiro atoms. The highest BCUT2D eigenvalue weighted by molar-refractivity contribution is 6.15. The van der Waals surface area contributed by atoms with Crippen LogP contribution in [0.3, 0.4) is 0 Å². The Kier molecular flexibility index (Phi) is 2.64. The van der Waals surface area contributed by atoms with Gasteiger partial charge in [-0.3, -0.25) is 14.9 Å². The maximum absolute atomic E-state index is 12.1. The maximum atomic E-state index is 12.1. The number of ketones is 1. The lowest BCUT2D eigenvalue weighted by Gasteiger charge is -1.97. The second kappa shape index (κ2) is 4.34. The van der Waals surface area contributed by atoms with Crippen molar-refractivity contribution in [2.45, 2.75) is 6.42 Å². The van der Waals surface area contributed by atoms with Gasteiger partial charge in [-0.1, -0.05) is 12.1 Å². The number of hydrogen-bond acceptors (Lipinski definition) is 5. The molecule has 0 bridgehead atoms. The molecule has 0 fully saturated rings. The fourth-order valence-corrected chi connectivity index (χ4v) is 2.22. The van der Waals surface area contributed by atoms with Crippen LogP contribution in [0.25, 0.3) is 6.08 Å². The van der Waals surface area contributed by atoms with E-state index in [1.54, 1.807) is 12.1 Å². The van der Waals surface area contributed by atoms with Gasteiger partial charge in [0.05, 0.1) is 6.07 Å². The zero-order chi connectivity index (χ0) is 14.3. The lowest BCUT2D eigenvalue weighted by Crippen LogP contribution is -1.94. The van der Waals surface area contributed by atoms with Crippen LogP contribution in [0.15, 0.2) is 40.3 Å². The van der Waals surface area contributed by atoms with Crippen LogP contribution in [0.1, 0.15) is 21.7 Å². The van der Waals surface area contributed by atoms with Gasteiger partial charge in [0.1, 0.15) is 16.4 Å². The number of rotatable bonds is 2. The second-order valence-electron chi connectivity index (χ2n) is 4.41. The minimum Gasteiger partial charge on any atom is -0.508 e. The molecule has 0 radical (unpaired) electrons. The van der Waals surface area contributed by atoms with Crippen LogP contribution in [0.2, 0.25) is 0 Å². The number of nitrogens with zero attached hydrogens (tertiary/aromatic N) is 1. The predicted molar refractivity (Wildman–Crippen MR) is 69.5 cm³/mol. The second-order valence-corrected chi connectivity index (χ2v) is 4.41. The van der Waals surface area contributed by atoms with Crippen molar-refractivity contribution < 1.29 is 19.2 Å². The molecule has 20 heavy (non-hydrogen) atoms. The molecule has 1 heterocycles. The standard InChI is InChI=1S/C14H9NO5/c16-12-3-1-2-10-11(12)7-8(14(10)17)6-9-4-5-13(20-9)15(18)19/h1-6,16H,7H2. The van der Waals surface area contributed by atoms with Gasteiger partial charge < -0.3 is 9.52 Å². The van der Waals surface area contributed by atoms with Gasteiger partial charge in [0, 0.05) is 23.1 Å². The van der Waals surface area contributed by atoms with Gasteiger partial charge in [0.25, 0.3) is 0 Å². The number of Topliss-reactive ketones (excluding diaryl/α,β-unsaturated/α-hetero) is 1. The molecule has 6 nitrogen and oxygen atoms in total. The van der Waals surface area contributed by atoms with E-state index in [0.717, 1.165) is 0 Å². The number of carbonyl (C=O) groups excluding carboxylic acids is 1. The summed E-state index contributed by atoms with van der Waals surface area (Å²) >= 11 is 0. The quantitative estimate of drug-likeness (QED) is 0.515. The summed E-state index contributed by atoms with van der Waals surface area (Å²) in [5, 5.41) is 20.2. The van der Waals surface area contributed by atoms with Crippen LogP contribution in [0, 0.1) is 10.1 Å². The molecule has 6 heteroatoms. The number of nitro groups is 1. The van der Waals surface area contributed by atoms with Crippen LogP contribution >= 0.6 is 0 Å². The maximum Gasteiger partial charge on any atom is 0.433 e. The summed E-state index contributed by atoms with van der Waals surface area (Å²) in [5.74, 6) is -0.255. The molecule has 1 aromatic carbocycles. The predicted octanol–water partition coefficient (Wildman–Crippen LogP) is 2.72. The van der Waals surface area contributed by atoms with Crippen molar-refractivity contribution in [2.75, 3.05) is 0 Å². The summed E-state index contributed by atoms with van der Waals surface area (Å²) in [4.78, 5) is 22.0. The van der Waals surface area contributed by atoms with E-state index in [1.165, 1.54) is 24.3 Å². The molecule has 0 saturated heterocycles. The van der Waals surface area contributed by atoms with Gasteiger partial charge in [-0.15, -0.1) is 0 Å². The molecule has 0 amide bonds. The summed E-state index contributed by atoms with van der Waals surface area (Å²) in [6.07, 6.45) is 1.75. The highest BCUT2D eigenvalue weighted by Crippen LogP contribution is 2.33. The molecule has 0 aliphatic heterocycles. The molecule has 1 aromatic heterocycles. The molecule has 1 aliphatic rings. The number of phenolic OH excluding ortho intramolecular Hbond substituents is 1. The number of carbonyl (C=O) groups is 1. The van der Waals surface area contributed by atoms with E-state index < -0.39 is 4.92 Å². The normalized spacial score (nSPS) is 15.6. The van der Waals surface area contributed by atoms with Crippen LogP contribution < -0.4 is 0 Å². The van der Waals surface area contributed by atoms with Gasteiger partial charge in [0.15, 0.2) is 5.78 Å². The van der Waals surface area contributed by atoms with Crippen LogP contribution in [-0.4, -0.2) is 15.8 Å². The Labute approximate surface area is 113 Å². The van der Waals surface area contributed by atoms with E-state index in [9.17, 15) is 20.0 Å². The van der Waals surface area contributed by atoms with Crippen LogP contribution in [-0.2, 0) is 6.42 Å². The Morgan fingerprint density at radius 1 is 1.30 bits per heavy atom. The Hall–Kier alpha value is -2.89. The first-order valence-corrected chi connectivity index (χ1v) is 5.86. The molecular formula is C14H9NO5. The summed E-state index contributed by atoms with van der Waals surface area (Å²) in [6, 6.07) is 7.43. The first-order chi connectivity index (χ1) is 9.56. The third-order valence-corrected chi connectivity index (χ3v) is 3.16. The van der Waals surface area contributed by atoms with E-state index in [0.29, 0.717) is 16.7 Å². The van der Waals surface area contributed by atoms with Gasteiger partial charge in [-0.2, -0.15) is 0 Å². The topological polar surface area (TPSA) is 93.6 Å². The van der Waals surface area contributed by atoms with E-state index in [1.807, 2.05) is 0 Å². The molecular weight excluding hydrogens is 262 g/mol. The van der Waals surface area contributed by atoms with Gasteiger partial charge >= 0.3 is 5.88 Å². The lowest BCUT2D eigenvalue weighted by molar-refractivity contribution is -0.402. The molecule has 100 valence electrons. The Morgan fingerprint density at radius 3 is 2.75 bits per heavy atom. The Balaban J connectivity index is 1.97. The van der Waals surface area contributed by atoms with E-state index in [2.05, 4.69) is 0 Å². The number of phenols is 1. The third kappa shape index (κ3) is 1.87. The molecule has 2 aromatic rings. The van der Waals surface area contributed by atoms with Crippen molar-refractivity contribution in [1.82, 2.24) is 0 Å². The molecule has 0 atom stereocenters. The average Bonchev–Trinajstić information content (AvgIpc) is 2.99. The Morgan fingerprint density at radius 2 is 2.10 bits per heavy atom. The van der Waals surface area contributed by atoms with Crippen molar-refractivity contribution in [3.8, 4) is 5.75 Å². The average molecular weight is 271 g/mol. The molecule has 0 unspecified atom stereocenters. The zero-order valence-electron chi connectivity index (χ0n) is 10.2. The van der Waals surface area contributed by atoms with Crippen molar-refractivity contribution in [3.63, 3.8) is 0 Å². The number of hydrogen-bond donors (Lipinski definition) is 1. The molecule has 3 rings (SSSR count). The zero-order valence-corrected chi connectivity index (χ0v) is 10.2. The molecule has 1 N–H and O–H groups in total. The number of fused-ring (bicyclic) bond motifs is 1. The monoisotopic (exact) mass is 271 g/mol. The van der Waals surface area contributed by atoms with Gasteiger partial charge in [-0.05, 0) is 18.2 Å². The summed E-state index contributed by atoms with van der Waals surface area (Å²) in [5.41, 5.74) is 1.47. The first-order valence-electron chi connectivity index (χ1n) is 5.86. The minimum absolute atomic E-state index is 0.0738. The van der Waals surface area contributed by atoms with Gasteiger partial charge in [0.2, 0.25) is 0 Å². The fraction of sp³-hybridized carbons (Fsp3) is 0.0714. The Bertz CT molecular complexity index is 757. The number of allylic oxidation sites excluding steroid dienone is 1. The molecule has 1 aliphatic carbocycles. The van der Waals surface area contributed by atoms with Crippen molar-refractivity contribution in [2.24, 2.45) is 0 Å². The van der Waals surface area contributed by atoms with Crippen molar-refractivity contribution in [1.29, 1.82) is 0 Å². The number of furan rings is 1. The largest absolute Gasteiger partial charge is 0.508 e. The van der Waals surface area contributed by atoms with Crippen LogP contribution in [0.4, 0.5) is 5.88 Å². The fourth-order valence-electron chi connectivity index (χ4n) is 2.22. The molecule has 0 saturated carbocycles. The highest BCUT2D eigenvalue weighted by atomic mass is 16.6. The summed E-state index contributed by atoms with van der Waals surface area (Å²) in [7, 11) is 0. The number of benzene rings is 1. The minimum atomic E-state index is -0.640. The smallest absolute Gasteiger partial charge is 0.433 e. The van der Waals surface area contributed by atoms with Crippen molar-refractivity contribution in [3.05, 3.63) is 62.9 Å². The number of aromatic hydroxyl groups is 1.